The second kappa shape index (κ2) is 8.50. The summed E-state index contributed by atoms with van der Waals surface area (Å²) in [5.74, 6) is -0.0382. The summed E-state index contributed by atoms with van der Waals surface area (Å²) in [6, 6.07) is 13.2. The van der Waals surface area contributed by atoms with E-state index in [9.17, 15) is 14.0 Å². The fraction of sp³-hybridized carbons (Fsp3) is 0.125. The Morgan fingerprint density at radius 1 is 1.16 bits per heavy atom. The third kappa shape index (κ3) is 3.78. The molecule has 0 aliphatic carbocycles. The standard InChI is InChI=1S/C24H21FN4O3/c1-28(2)24(31)16-6-4-5-15(9-16)21-12-26-23-20(27-14-30)10-17(13-29(21)23)19-11-18(25)7-8-22(19)32-3/h4-14H,1-3H3,(H,27,30). The Bertz CT molecular complexity index is 1330. The number of anilines is 1. The van der Waals surface area contributed by atoms with Crippen molar-refractivity contribution >= 4 is 23.7 Å². The van der Waals surface area contributed by atoms with Gasteiger partial charge in [0, 0.05) is 42.5 Å². The molecule has 0 fully saturated rings. The van der Waals surface area contributed by atoms with Crippen LogP contribution < -0.4 is 10.1 Å². The van der Waals surface area contributed by atoms with E-state index in [1.165, 1.54) is 24.1 Å². The Morgan fingerprint density at radius 2 is 1.97 bits per heavy atom. The molecule has 0 saturated heterocycles. The molecule has 0 aliphatic rings. The molecule has 2 aromatic heterocycles. The Hall–Kier alpha value is -4.20. The number of halogens is 1. The number of fused-ring (bicyclic) bond motifs is 1. The molecule has 162 valence electrons. The first-order valence-electron chi connectivity index (χ1n) is 9.80. The lowest BCUT2D eigenvalue weighted by molar-refractivity contribution is -0.105. The minimum Gasteiger partial charge on any atom is -0.496 e. The van der Waals surface area contributed by atoms with Crippen LogP contribution in [0.15, 0.2) is 60.9 Å². The van der Waals surface area contributed by atoms with Crippen LogP contribution >= 0.6 is 0 Å². The van der Waals surface area contributed by atoms with E-state index >= 15 is 0 Å². The number of rotatable bonds is 6. The second-order valence-corrected chi connectivity index (χ2v) is 7.37. The SMILES string of the molecule is COc1ccc(F)cc1-c1cc(NC=O)c2ncc(-c3cccc(C(=O)N(C)C)c3)n2c1. The molecule has 2 amide bonds. The monoisotopic (exact) mass is 432 g/mol. The molecule has 1 N–H and O–H groups in total. The summed E-state index contributed by atoms with van der Waals surface area (Å²) in [5.41, 5.74) is 4.13. The van der Waals surface area contributed by atoms with Crippen LogP contribution in [0.5, 0.6) is 5.75 Å². The lowest BCUT2D eigenvalue weighted by atomic mass is 10.0. The van der Waals surface area contributed by atoms with Crippen LogP contribution in [0.1, 0.15) is 10.4 Å². The van der Waals surface area contributed by atoms with Gasteiger partial charge >= 0.3 is 0 Å². The highest BCUT2D eigenvalue weighted by atomic mass is 19.1. The molecule has 4 aromatic rings. The average molecular weight is 432 g/mol. The van der Waals surface area contributed by atoms with Gasteiger partial charge in [-0.2, -0.15) is 0 Å². The summed E-state index contributed by atoms with van der Waals surface area (Å²) in [6.45, 7) is 0. The molecule has 7 nitrogen and oxygen atoms in total. The zero-order valence-corrected chi connectivity index (χ0v) is 17.8. The van der Waals surface area contributed by atoms with E-state index in [-0.39, 0.29) is 5.91 Å². The third-order valence-electron chi connectivity index (χ3n) is 5.10. The maximum Gasteiger partial charge on any atom is 0.253 e. The number of carbonyl (C=O) groups excluding carboxylic acids is 2. The largest absolute Gasteiger partial charge is 0.496 e. The number of pyridine rings is 1. The van der Waals surface area contributed by atoms with Crippen LogP contribution in [-0.4, -0.2) is 47.8 Å². The van der Waals surface area contributed by atoms with E-state index in [2.05, 4.69) is 10.3 Å². The predicted molar refractivity (Wildman–Crippen MR) is 120 cm³/mol. The molecule has 0 radical (unpaired) electrons. The van der Waals surface area contributed by atoms with E-state index < -0.39 is 5.82 Å². The van der Waals surface area contributed by atoms with Crippen LogP contribution in [0.25, 0.3) is 28.0 Å². The summed E-state index contributed by atoms with van der Waals surface area (Å²) in [5, 5.41) is 2.66. The Labute approximate surface area is 184 Å². The molecular formula is C24H21FN4O3. The van der Waals surface area contributed by atoms with Crippen molar-refractivity contribution in [3.05, 3.63) is 72.3 Å². The smallest absolute Gasteiger partial charge is 0.253 e. The highest BCUT2D eigenvalue weighted by Gasteiger charge is 2.16. The predicted octanol–water partition coefficient (Wildman–Crippen LogP) is 4.09. The van der Waals surface area contributed by atoms with Crippen LogP contribution in [0.3, 0.4) is 0 Å². The third-order valence-corrected chi connectivity index (χ3v) is 5.10. The minimum atomic E-state index is -0.411. The Morgan fingerprint density at radius 3 is 2.69 bits per heavy atom. The van der Waals surface area contributed by atoms with Crippen LogP contribution in [0.2, 0.25) is 0 Å². The summed E-state index contributed by atoms with van der Waals surface area (Å²) in [6.07, 6.45) is 4.02. The number of carbonyl (C=O) groups is 2. The number of hydrogen-bond donors (Lipinski definition) is 1. The van der Waals surface area contributed by atoms with Gasteiger partial charge in [-0.25, -0.2) is 9.37 Å². The molecular weight excluding hydrogens is 411 g/mol. The molecule has 8 heteroatoms. The van der Waals surface area contributed by atoms with Crippen LogP contribution in [0, 0.1) is 5.82 Å². The molecule has 0 atom stereocenters. The molecule has 0 unspecified atom stereocenters. The van der Waals surface area contributed by atoms with Gasteiger partial charge in [-0.05, 0) is 36.4 Å². The number of aromatic nitrogens is 2. The fourth-order valence-electron chi connectivity index (χ4n) is 3.59. The maximum absolute atomic E-state index is 14.0. The molecule has 0 aliphatic heterocycles. The first-order chi connectivity index (χ1) is 15.4. The average Bonchev–Trinajstić information content (AvgIpc) is 3.23. The molecule has 32 heavy (non-hydrogen) atoms. The van der Waals surface area contributed by atoms with E-state index in [1.54, 1.807) is 61.2 Å². The van der Waals surface area contributed by atoms with Gasteiger partial charge in [-0.15, -0.1) is 0 Å². The number of nitrogens with one attached hydrogen (secondary N) is 1. The van der Waals surface area contributed by atoms with Crippen molar-refractivity contribution in [2.45, 2.75) is 0 Å². The number of amides is 2. The van der Waals surface area contributed by atoms with Crippen molar-refractivity contribution in [1.82, 2.24) is 14.3 Å². The number of benzene rings is 2. The first-order valence-corrected chi connectivity index (χ1v) is 9.80. The van der Waals surface area contributed by atoms with Gasteiger partial charge in [0.15, 0.2) is 5.65 Å². The van der Waals surface area contributed by atoms with Crippen molar-refractivity contribution < 1.29 is 18.7 Å². The number of imidazole rings is 1. The maximum atomic E-state index is 14.0. The zero-order chi connectivity index (χ0) is 22.8. The van der Waals surface area contributed by atoms with Gasteiger partial charge in [0.05, 0.1) is 24.7 Å². The van der Waals surface area contributed by atoms with Gasteiger partial charge in [0.1, 0.15) is 11.6 Å². The summed E-state index contributed by atoms with van der Waals surface area (Å²) in [4.78, 5) is 29.6. The normalized spacial score (nSPS) is 10.8. The van der Waals surface area contributed by atoms with Gasteiger partial charge in [-0.1, -0.05) is 12.1 Å². The molecule has 0 bridgehead atoms. The highest BCUT2D eigenvalue weighted by molar-refractivity contribution is 5.95. The van der Waals surface area contributed by atoms with Crippen molar-refractivity contribution in [3.8, 4) is 28.1 Å². The molecule has 2 heterocycles. The highest BCUT2D eigenvalue weighted by Crippen LogP contribution is 2.35. The van der Waals surface area contributed by atoms with E-state index in [1.807, 2.05) is 6.07 Å². The van der Waals surface area contributed by atoms with Crippen molar-refractivity contribution in [1.29, 1.82) is 0 Å². The molecule has 4 rings (SSSR count). The van der Waals surface area contributed by atoms with Crippen LogP contribution in [0.4, 0.5) is 10.1 Å². The minimum absolute atomic E-state index is 0.117. The lowest BCUT2D eigenvalue weighted by Gasteiger charge is -2.13. The Balaban J connectivity index is 1.94. The molecule has 0 saturated carbocycles. The summed E-state index contributed by atoms with van der Waals surface area (Å²) >= 11 is 0. The summed E-state index contributed by atoms with van der Waals surface area (Å²) in [7, 11) is 4.90. The zero-order valence-electron chi connectivity index (χ0n) is 17.8. The second-order valence-electron chi connectivity index (χ2n) is 7.37. The van der Waals surface area contributed by atoms with Gasteiger partial charge < -0.3 is 15.0 Å². The lowest BCUT2D eigenvalue weighted by Crippen LogP contribution is -2.21. The first kappa shape index (κ1) is 21.0. The van der Waals surface area contributed by atoms with E-state index in [0.717, 1.165) is 5.56 Å². The van der Waals surface area contributed by atoms with Crippen molar-refractivity contribution in [3.63, 3.8) is 0 Å². The fourth-order valence-corrected chi connectivity index (χ4v) is 3.59. The Kier molecular flexibility index (Phi) is 5.59. The molecule has 2 aromatic carbocycles. The van der Waals surface area contributed by atoms with E-state index in [0.29, 0.717) is 45.9 Å². The quantitative estimate of drug-likeness (QED) is 0.466. The number of ether oxygens (including phenoxy) is 1. The van der Waals surface area contributed by atoms with Crippen molar-refractivity contribution in [2.75, 3.05) is 26.5 Å². The van der Waals surface area contributed by atoms with Crippen molar-refractivity contribution in [2.24, 2.45) is 0 Å². The summed E-state index contributed by atoms with van der Waals surface area (Å²) < 4.78 is 21.2. The number of methoxy groups -OCH3 is 1. The van der Waals surface area contributed by atoms with Crippen LogP contribution in [-0.2, 0) is 4.79 Å². The van der Waals surface area contributed by atoms with Gasteiger partial charge in [0.25, 0.3) is 5.91 Å². The number of nitrogens with zero attached hydrogens (tertiary/aromatic N) is 3. The molecule has 0 spiro atoms. The van der Waals surface area contributed by atoms with Gasteiger partial charge in [0.2, 0.25) is 6.41 Å². The number of hydrogen-bond acceptors (Lipinski definition) is 4. The van der Waals surface area contributed by atoms with Gasteiger partial charge in [-0.3, -0.25) is 14.0 Å². The topological polar surface area (TPSA) is 75.9 Å². The van der Waals surface area contributed by atoms with E-state index in [4.69, 9.17) is 4.74 Å².